The van der Waals surface area contributed by atoms with Gasteiger partial charge in [0.2, 0.25) is 5.95 Å². The second-order valence-corrected chi connectivity index (χ2v) is 6.28. The maximum Gasteiger partial charge on any atom is 0.238 e. The Hall–Kier alpha value is -2.80. The average Bonchev–Trinajstić information content (AvgIpc) is 3.24. The minimum absolute atomic E-state index is 0.237. The molecule has 1 aromatic carbocycles. The topological polar surface area (TPSA) is 55.6 Å². The van der Waals surface area contributed by atoms with Crippen molar-refractivity contribution in [2.75, 3.05) is 5.32 Å². The number of imidazole rings is 1. The van der Waals surface area contributed by atoms with Crippen molar-refractivity contribution in [1.82, 2.24) is 19.5 Å². The first kappa shape index (κ1) is 14.8. The smallest absolute Gasteiger partial charge is 0.238 e. The first-order valence-corrected chi connectivity index (χ1v) is 8.31. The van der Waals surface area contributed by atoms with Crippen molar-refractivity contribution in [1.29, 1.82) is 0 Å². The number of nitrogens with one attached hydrogen (secondary N) is 1. The van der Waals surface area contributed by atoms with Gasteiger partial charge in [-0.3, -0.25) is 4.57 Å². The fraction of sp³-hybridized carbons (Fsp3) is 0.118. The number of nitrogens with zero attached hydrogens (tertiary/aromatic N) is 4. The van der Waals surface area contributed by atoms with Gasteiger partial charge in [0.15, 0.2) is 0 Å². The molecule has 4 rings (SSSR count). The van der Waals surface area contributed by atoms with Gasteiger partial charge in [-0.1, -0.05) is 12.1 Å². The number of aromatic nitrogens is 4. The Balaban J connectivity index is 1.72. The molecule has 120 valence electrons. The molecule has 5 nitrogen and oxygen atoms in total. The van der Waals surface area contributed by atoms with Crippen LogP contribution in [0.25, 0.3) is 16.2 Å². The van der Waals surface area contributed by atoms with Crippen molar-refractivity contribution in [3.05, 3.63) is 65.3 Å². The number of fused-ring (bicyclic) bond motifs is 1. The molecule has 0 atom stereocenters. The second kappa shape index (κ2) is 6.01. The number of rotatable bonds is 4. The summed E-state index contributed by atoms with van der Waals surface area (Å²) >= 11 is 1.59. The SMILES string of the molecule is Cc1csc2nc(-n3ccnc3)nc(NCc3ccc(F)cc3)c12. The van der Waals surface area contributed by atoms with Gasteiger partial charge in [-0.05, 0) is 35.6 Å². The molecular weight excluding hydrogens is 325 g/mol. The van der Waals surface area contributed by atoms with Crippen LogP contribution in [0.15, 0.2) is 48.4 Å². The number of hydrogen-bond acceptors (Lipinski definition) is 5. The van der Waals surface area contributed by atoms with Crippen LogP contribution in [0.3, 0.4) is 0 Å². The zero-order chi connectivity index (χ0) is 16.5. The molecule has 0 radical (unpaired) electrons. The van der Waals surface area contributed by atoms with E-state index in [1.165, 1.54) is 12.1 Å². The van der Waals surface area contributed by atoms with Crippen LogP contribution in [0.1, 0.15) is 11.1 Å². The van der Waals surface area contributed by atoms with Gasteiger partial charge in [0.05, 0.1) is 5.39 Å². The molecule has 0 unspecified atom stereocenters. The van der Waals surface area contributed by atoms with E-state index in [1.807, 2.05) is 13.1 Å². The van der Waals surface area contributed by atoms with Crippen LogP contribution < -0.4 is 5.32 Å². The molecule has 7 heteroatoms. The molecule has 0 saturated heterocycles. The number of anilines is 1. The molecule has 4 aromatic rings. The quantitative estimate of drug-likeness (QED) is 0.612. The van der Waals surface area contributed by atoms with Crippen molar-refractivity contribution in [2.24, 2.45) is 0 Å². The Morgan fingerprint density at radius 3 is 2.79 bits per heavy atom. The van der Waals surface area contributed by atoms with Gasteiger partial charge in [0, 0.05) is 18.9 Å². The van der Waals surface area contributed by atoms with Crippen molar-refractivity contribution in [3.63, 3.8) is 0 Å². The maximum absolute atomic E-state index is 13.0. The summed E-state index contributed by atoms with van der Waals surface area (Å²) in [4.78, 5) is 14.2. The molecule has 24 heavy (non-hydrogen) atoms. The molecule has 0 saturated carbocycles. The normalized spacial score (nSPS) is 11.1. The Kier molecular flexibility index (Phi) is 3.70. The fourth-order valence-corrected chi connectivity index (χ4v) is 3.40. The van der Waals surface area contributed by atoms with Crippen LogP contribution in [-0.2, 0) is 6.54 Å². The minimum atomic E-state index is -0.237. The molecule has 0 amide bonds. The lowest BCUT2D eigenvalue weighted by atomic mass is 10.2. The first-order chi connectivity index (χ1) is 11.7. The van der Waals surface area contributed by atoms with E-state index in [2.05, 4.69) is 25.6 Å². The van der Waals surface area contributed by atoms with Crippen LogP contribution in [-0.4, -0.2) is 19.5 Å². The first-order valence-electron chi connectivity index (χ1n) is 7.43. The Morgan fingerprint density at radius 2 is 2.04 bits per heavy atom. The van der Waals surface area contributed by atoms with Crippen molar-refractivity contribution in [2.45, 2.75) is 13.5 Å². The number of halogens is 1. The van der Waals surface area contributed by atoms with Crippen LogP contribution in [0, 0.1) is 12.7 Å². The predicted molar refractivity (Wildman–Crippen MR) is 93.0 cm³/mol. The molecule has 0 fully saturated rings. The Morgan fingerprint density at radius 1 is 1.21 bits per heavy atom. The van der Waals surface area contributed by atoms with Crippen molar-refractivity contribution in [3.8, 4) is 5.95 Å². The summed E-state index contributed by atoms with van der Waals surface area (Å²) in [5, 5.41) is 6.44. The average molecular weight is 339 g/mol. The molecule has 0 aliphatic carbocycles. The lowest BCUT2D eigenvalue weighted by Crippen LogP contribution is -2.06. The number of hydrogen-bond donors (Lipinski definition) is 1. The Labute approximate surface area is 141 Å². The summed E-state index contributed by atoms with van der Waals surface area (Å²) in [5.74, 6) is 1.11. The molecule has 0 aliphatic heterocycles. The third kappa shape index (κ3) is 2.74. The lowest BCUT2D eigenvalue weighted by molar-refractivity contribution is 0.627. The zero-order valence-electron chi connectivity index (χ0n) is 12.9. The predicted octanol–water partition coefficient (Wildman–Crippen LogP) is 3.94. The molecule has 3 aromatic heterocycles. The van der Waals surface area contributed by atoms with Gasteiger partial charge in [-0.15, -0.1) is 11.3 Å². The Bertz CT molecular complexity index is 976. The zero-order valence-corrected chi connectivity index (χ0v) is 13.7. The highest BCUT2D eigenvalue weighted by Crippen LogP contribution is 2.30. The summed E-state index contributed by atoms with van der Waals surface area (Å²) in [6.07, 6.45) is 5.18. The van der Waals surface area contributed by atoms with Crippen molar-refractivity contribution >= 4 is 27.4 Å². The van der Waals surface area contributed by atoms with E-state index < -0.39 is 0 Å². The van der Waals surface area contributed by atoms with Gasteiger partial charge in [-0.2, -0.15) is 4.98 Å². The summed E-state index contributed by atoms with van der Waals surface area (Å²) in [6.45, 7) is 2.60. The van der Waals surface area contributed by atoms with Crippen LogP contribution in [0.4, 0.5) is 10.2 Å². The van der Waals surface area contributed by atoms with Gasteiger partial charge >= 0.3 is 0 Å². The highest BCUT2D eigenvalue weighted by Gasteiger charge is 2.13. The lowest BCUT2D eigenvalue weighted by Gasteiger charge is -2.10. The summed E-state index contributed by atoms with van der Waals surface area (Å²) in [6, 6.07) is 6.44. The standard InChI is InChI=1S/C17H14FN5S/c1-11-9-24-16-14(11)15(20-8-12-2-4-13(18)5-3-12)21-17(22-16)23-7-6-19-10-23/h2-7,9-10H,8H2,1H3,(H,20,21,22). The molecule has 1 N–H and O–H groups in total. The third-order valence-electron chi connectivity index (χ3n) is 3.71. The molecule has 0 spiro atoms. The molecule has 0 aliphatic rings. The van der Waals surface area contributed by atoms with Crippen LogP contribution in [0.2, 0.25) is 0 Å². The van der Waals surface area contributed by atoms with Gasteiger partial charge in [0.25, 0.3) is 0 Å². The number of thiophene rings is 1. The van der Waals surface area contributed by atoms with Crippen LogP contribution >= 0.6 is 11.3 Å². The van der Waals surface area contributed by atoms with Crippen molar-refractivity contribution < 1.29 is 4.39 Å². The largest absolute Gasteiger partial charge is 0.365 e. The number of aryl methyl sites for hydroxylation is 1. The van der Waals surface area contributed by atoms with Crippen LogP contribution in [0.5, 0.6) is 0 Å². The van der Waals surface area contributed by atoms with E-state index in [0.717, 1.165) is 27.2 Å². The minimum Gasteiger partial charge on any atom is -0.365 e. The second-order valence-electron chi connectivity index (χ2n) is 5.42. The highest BCUT2D eigenvalue weighted by molar-refractivity contribution is 7.17. The van der Waals surface area contributed by atoms with Gasteiger partial charge < -0.3 is 5.32 Å². The third-order valence-corrected chi connectivity index (χ3v) is 4.70. The van der Waals surface area contributed by atoms with Gasteiger partial charge in [0.1, 0.15) is 22.8 Å². The van der Waals surface area contributed by atoms with E-state index >= 15 is 0 Å². The fourth-order valence-electron chi connectivity index (χ4n) is 2.48. The van der Waals surface area contributed by atoms with Gasteiger partial charge in [-0.25, -0.2) is 14.4 Å². The monoisotopic (exact) mass is 339 g/mol. The van der Waals surface area contributed by atoms with E-state index in [-0.39, 0.29) is 5.82 Å². The summed E-state index contributed by atoms with van der Waals surface area (Å²) in [5.41, 5.74) is 2.12. The molecule has 0 bridgehead atoms. The summed E-state index contributed by atoms with van der Waals surface area (Å²) in [7, 11) is 0. The molecular formula is C17H14FN5S. The number of benzene rings is 1. The highest BCUT2D eigenvalue weighted by atomic mass is 32.1. The molecule has 3 heterocycles. The summed E-state index contributed by atoms with van der Waals surface area (Å²) < 4.78 is 14.8. The van der Waals surface area contributed by atoms with E-state index in [1.54, 1.807) is 40.6 Å². The van der Waals surface area contributed by atoms with E-state index in [9.17, 15) is 4.39 Å². The maximum atomic E-state index is 13.0. The van der Waals surface area contributed by atoms with E-state index in [4.69, 9.17) is 0 Å². The van der Waals surface area contributed by atoms with E-state index in [0.29, 0.717) is 12.5 Å².